The molecule has 33 heavy (non-hydrogen) atoms. The van der Waals surface area contributed by atoms with E-state index in [0.717, 1.165) is 48.1 Å². The van der Waals surface area contributed by atoms with Crippen molar-refractivity contribution in [1.29, 1.82) is 0 Å². The Bertz CT molecular complexity index is 1220. The fourth-order valence-electron chi connectivity index (χ4n) is 4.30. The first-order chi connectivity index (χ1) is 16.2. The Kier molecular flexibility index (Phi) is 6.08. The number of anilines is 2. The van der Waals surface area contributed by atoms with Crippen LogP contribution in [0.3, 0.4) is 0 Å². The summed E-state index contributed by atoms with van der Waals surface area (Å²) in [6.07, 6.45) is 3.87. The summed E-state index contributed by atoms with van der Waals surface area (Å²) in [7, 11) is 1.65. The van der Waals surface area contributed by atoms with Gasteiger partial charge < -0.3 is 20.1 Å². The van der Waals surface area contributed by atoms with E-state index in [1.807, 2.05) is 48.5 Å². The number of methoxy groups -OCH3 is 1. The van der Waals surface area contributed by atoms with Crippen LogP contribution in [0.1, 0.15) is 19.8 Å². The molecule has 0 aliphatic carbocycles. The van der Waals surface area contributed by atoms with Crippen LogP contribution in [-0.4, -0.2) is 46.5 Å². The van der Waals surface area contributed by atoms with Crippen molar-refractivity contribution >= 4 is 22.5 Å². The minimum absolute atomic E-state index is 0.0957. The molecular weight excluding hydrogens is 416 g/mol. The molecule has 5 rings (SSSR count). The molecule has 3 N–H and O–H groups in total. The Morgan fingerprint density at radius 1 is 1.03 bits per heavy atom. The minimum Gasteiger partial charge on any atom is -0.493 e. The lowest BCUT2D eigenvalue weighted by atomic mass is 9.93. The fourth-order valence-corrected chi connectivity index (χ4v) is 4.30. The molecule has 0 radical (unpaired) electrons. The first kappa shape index (κ1) is 21.2. The average molecular weight is 445 g/mol. The van der Waals surface area contributed by atoms with Gasteiger partial charge in [-0.05, 0) is 50.4 Å². The average Bonchev–Trinajstić information content (AvgIpc) is 3.33. The first-order valence-corrected chi connectivity index (χ1v) is 11.3. The Hall–Kier alpha value is -3.65. The number of aromatic amines is 1. The number of nitrogens with one attached hydrogen (secondary N) is 3. The summed E-state index contributed by atoms with van der Waals surface area (Å²) in [6.45, 7) is 4.21. The third kappa shape index (κ3) is 4.61. The van der Waals surface area contributed by atoms with Crippen molar-refractivity contribution in [1.82, 2.24) is 25.5 Å². The number of aromatic nitrogens is 4. The van der Waals surface area contributed by atoms with Crippen molar-refractivity contribution in [2.24, 2.45) is 5.92 Å². The number of piperidine rings is 1. The standard InChI is InChI=1S/C25H28N6O2/c1-16(17-8-10-26-11-9-17)33-23-13-21-19(12-22(23)32-2)25(28-15-27-21)29-24-14-20(30-31-24)18-6-4-3-5-7-18/h3-7,12-17,26H,8-11H2,1-2H3,(H2,27,28,29,30,31). The number of fused-ring (bicyclic) bond motifs is 1. The molecule has 0 saturated carbocycles. The van der Waals surface area contributed by atoms with Crippen molar-refractivity contribution in [3.63, 3.8) is 0 Å². The van der Waals surface area contributed by atoms with Crippen LogP contribution in [0, 0.1) is 5.92 Å². The number of benzene rings is 2. The molecule has 1 atom stereocenters. The SMILES string of the molecule is COc1cc2c(Nc3cc(-c4ccccc4)[nH]n3)ncnc2cc1OC(C)C1CCNCC1. The molecule has 2 aromatic heterocycles. The Morgan fingerprint density at radius 3 is 2.64 bits per heavy atom. The predicted molar refractivity (Wildman–Crippen MR) is 129 cm³/mol. The van der Waals surface area contributed by atoms with E-state index in [9.17, 15) is 0 Å². The predicted octanol–water partition coefficient (Wildman–Crippen LogP) is 4.54. The van der Waals surface area contributed by atoms with Gasteiger partial charge >= 0.3 is 0 Å². The summed E-state index contributed by atoms with van der Waals surface area (Å²) < 4.78 is 12.0. The minimum atomic E-state index is 0.0957. The van der Waals surface area contributed by atoms with Gasteiger partial charge in [0, 0.05) is 17.5 Å². The molecule has 1 fully saturated rings. The van der Waals surface area contributed by atoms with E-state index < -0.39 is 0 Å². The van der Waals surface area contributed by atoms with E-state index in [2.05, 4.69) is 37.7 Å². The number of hydrogen-bond acceptors (Lipinski definition) is 7. The molecule has 0 bridgehead atoms. The van der Waals surface area contributed by atoms with E-state index >= 15 is 0 Å². The summed E-state index contributed by atoms with van der Waals surface area (Å²) in [5.41, 5.74) is 2.77. The van der Waals surface area contributed by atoms with E-state index in [0.29, 0.717) is 29.1 Å². The van der Waals surface area contributed by atoms with Gasteiger partial charge in [0.1, 0.15) is 12.1 Å². The summed E-state index contributed by atoms with van der Waals surface area (Å²) in [5.74, 6) is 3.21. The second-order valence-corrected chi connectivity index (χ2v) is 8.31. The van der Waals surface area contributed by atoms with Gasteiger partial charge in [-0.15, -0.1) is 0 Å². The van der Waals surface area contributed by atoms with Gasteiger partial charge in [0.25, 0.3) is 0 Å². The van der Waals surface area contributed by atoms with Gasteiger partial charge in [0.05, 0.1) is 24.4 Å². The quantitative estimate of drug-likeness (QED) is 0.385. The molecule has 1 saturated heterocycles. The molecule has 1 aliphatic heterocycles. The zero-order valence-electron chi connectivity index (χ0n) is 18.8. The van der Waals surface area contributed by atoms with Crippen molar-refractivity contribution in [3.05, 3.63) is 54.9 Å². The highest BCUT2D eigenvalue weighted by Gasteiger charge is 2.23. The number of H-pyrrole nitrogens is 1. The van der Waals surface area contributed by atoms with Gasteiger partial charge in [-0.2, -0.15) is 5.10 Å². The maximum Gasteiger partial charge on any atom is 0.163 e. The number of hydrogen-bond donors (Lipinski definition) is 3. The summed E-state index contributed by atoms with van der Waals surface area (Å²) >= 11 is 0. The molecule has 0 spiro atoms. The summed E-state index contributed by atoms with van der Waals surface area (Å²) in [5, 5.41) is 15.0. The lowest BCUT2D eigenvalue weighted by molar-refractivity contribution is 0.124. The molecule has 1 unspecified atom stereocenters. The van der Waals surface area contributed by atoms with Crippen LogP contribution in [0.25, 0.3) is 22.2 Å². The maximum atomic E-state index is 6.34. The summed E-state index contributed by atoms with van der Waals surface area (Å²) in [6, 6.07) is 15.9. The topological polar surface area (TPSA) is 97.0 Å². The molecule has 8 nitrogen and oxygen atoms in total. The van der Waals surface area contributed by atoms with Crippen LogP contribution in [0.5, 0.6) is 11.5 Å². The third-order valence-corrected chi connectivity index (χ3v) is 6.19. The van der Waals surface area contributed by atoms with E-state index in [1.54, 1.807) is 13.4 Å². The summed E-state index contributed by atoms with van der Waals surface area (Å²) in [4.78, 5) is 8.91. The van der Waals surface area contributed by atoms with E-state index in [4.69, 9.17) is 9.47 Å². The third-order valence-electron chi connectivity index (χ3n) is 6.19. The van der Waals surface area contributed by atoms with Gasteiger partial charge in [-0.25, -0.2) is 9.97 Å². The molecule has 4 aromatic rings. The second-order valence-electron chi connectivity index (χ2n) is 8.31. The maximum absolute atomic E-state index is 6.34. The molecular formula is C25H28N6O2. The van der Waals surface area contributed by atoms with Crippen LogP contribution < -0.4 is 20.1 Å². The molecule has 3 heterocycles. The van der Waals surface area contributed by atoms with Crippen molar-refractivity contribution in [3.8, 4) is 22.8 Å². The first-order valence-electron chi connectivity index (χ1n) is 11.3. The van der Waals surface area contributed by atoms with Crippen LogP contribution in [-0.2, 0) is 0 Å². The van der Waals surface area contributed by atoms with Crippen LogP contribution in [0.2, 0.25) is 0 Å². The molecule has 1 aliphatic rings. The molecule has 0 amide bonds. The molecule has 2 aromatic carbocycles. The Morgan fingerprint density at radius 2 is 1.85 bits per heavy atom. The highest BCUT2D eigenvalue weighted by Crippen LogP contribution is 2.36. The van der Waals surface area contributed by atoms with Crippen LogP contribution in [0.4, 0.5) is 11.6 Å². The zero-order valence-corrected chi connectivity index (χ0v) is 18.8. The highest BCUT2D eigenvalue weighted by atomic mass is 16.5. The lowest BCUT2D eigenvalue weighted by Crippen LogP contribution is -2.35. The molecule has 170 valence electrons. The lowest BCUT2D eigenvalue weighted by Gasteiger charge is -2.29. The monoisotopic (exact) mass is 444 g/mol. The van der Waals surface area contributed by atoms with Gasteiger partial charge in [-0.3, -0.25) is 5.10 Å². The van der Waals surface area contributed by atoms with E-state index in [-0.39, 0.29) is 6.10 Å². The number of nitrogens with zero attached hydrogens (tertiary/aromatic N) is 3. The van der Waals surface area contributed by atoms with Crippen LogP contribution >= 0.6 is 0 Å². The highest BCUT2D eigenvalue weighted by molar-refractivity contribution is 5.93. The second kappa shape index (κ2) is 9.46. The normalized spacial score (nSPS) is 15.3. The Balaban J connectivity index is 1.41. The Labute approximate surface area is 192 Å². The van der Waals surface area contributed by atoms with Gasteiger partial charge in [-0.1, -0.05) is 30.3 Å². The van der Waals surface area contributed by atoms with Gasteiger partial charge in [0.2, 0.25) is 0 Å². The fraction of sp³-hybridized carbons (Fsp3) is 0.320. The van der Waals surface area contributed by atoms with Crippen molar-refractivity contribution in [2.45, 2.75) is 25.9 Å². The van der Waals surface area contributed by atoms with Crippen molar-refractivity contribution in [2.75, 3.05) is 25.5 Å². The van der Waals surface area contributed by atoms with Gasteiger partial charge in [0.15, 0.2) is 17.3 Å². The number of rotatable bonds is 7. The van der Waals surface area contributed by atoms with Crippen LogP contribution in [0.15, 0.2) is 54.9 Å². The van der Waals surface area contributed by atoms with E-state index in [1.165, 1.54) is 0 Å². The molecule has 8 heteroatoms. The zero-order chi connectivity index (χ0) is 22.6. The largest absolute Gasteiger partial charge is 0.493 e. The van der Waals surface area contributed by atoms with Crippen molar-refractivity contribution < 1.29 is 9.47 Å². The number of ether oxygens (including phenoxy) is 2. The smallest absolute Gasteiger partial charge is 0.163 e.